The summed E-state index contributed by atoms with van der Waals surface area (Å²) in [5.41, 5.74) is 1.03. The zero-order valence-corrected chi connectivity index (χ0v) is 12.1. The van der Waals surface area contributed by atoms with Crippen LogP contribution >= 0.6 is 11.3 Å². The minimum absolute atomic E-state index is 0.786. The Balaban J connectivity index is 1.55. The van der Waals surface area contributed by atoms with Crippen LogP contribution in [0.1, 0.15) is 25.7 Å². The van der Waals surface area contributed by atoms with E-state index in [0.717, 1.165) is 35.2 Å². The fourth-order valence-corrected chi connectivity index (χ4v) is 3.60. The van der Waals surface area contributed by atoms with E-state index >= 15 is 0 Å². The smallest absolute Gasteiger partial charge is 0.147 e. The van der Waals surface area contributed by atoms with Crippen molar-refractivity contribution in [2.24, 2.45) is 0 Å². The molecule has 5 heteroatoms. The second-order valence-electron chi connectivity index (χ2n) is 5.20. The summed E-state index contributed by atoms with van der Waals surface area (Å²) >= 11 is 1.70. The van der Waals surface area contributed by atoms with Gasteiger partial charge in [0.05, 0.1) is 10.2 Å². The van der Waals surface area contributed by atoms with Crippen LogP contribution in [0.4, 0.5) is 5.82 Å². The van der Waals surface area contributed by atoms with E-state index in [-0.39, 0.29) is 0 Å². The van der Waals surface area contributed by atoms with Crippen molar-refractivity contribution in [3.05, 3.63) is 17.8 Å². The summed E-state index contributed by atoms with van der Waals surface area (Å²) in [5, 5.41) is 5.51. The van der Waals surface area contributed by atoms with Crippen LogP contribution in [0.15, 0.2) is 17.8 Å². The molecule has 1 aliphatic carbocycles. The van der Waals surface area contributed by atoms with Gasteiger partial charge in [0.15, 0.2) is 0 Å². The van der Waals surface area contributed by atoms with Crippen LogP contribution in [0.3, 0.4) is 0 Å². The van der Waals surface area contributed by atoms with Crippen molar-refractivity contribution in [3.8, 4) is 0 Å². The molecule has 0 aliphatic heterocycles. The fourth-order valence-electron chi connectivity index (χ4n) is 2.79. The van der Waals surface area contributed by atoms with Gasteiger partial charge in [0.2, 0.25) is 0 Å². The van der Waals surface area contributed by atoms with Gasteiger partial charge >= 0.3 is 0 Å². The van der Waals surface area contributed by atoms with Gasteiger partial charge in [0.25, 0.3) is 0 Å². The molecular weight excluding hydrogens is 256 g/mol. The zero-order valence-electron chi connectivity index (χ0n) is 11.3. The number of nitrogens with zero attached hydrogens (tertiary/aromatic N) is 3. The number of rotatable bonds is 5. The van der Waals surface area contributed by atoms with Crippen molar-refractivity contribution >= 4 is 27.4 Å². The third kappa shape index (κ3) is 2.87. The topological polar surface area (TPSA) is 41.0 Å². The van der Waals surface area contributed by atoms with E-state index in [4.69, 9.17) is 0 Å². The summed E-state index contributed by atoms with van der Waals surface area (Å²) < 4.78 is 1.16. The Morgan fingerprint density at radius 1 is 1.37 bits per heavy atom. The van der Waals surface area contributed by atoms with Crippen molar-refractivity contribution < 1.29 is 0 Å². The van der Waals surface area contributed by atoms with Crippen LogP contribution in [-0.2, 0) is 0 Å². The van der Waals surface area contributed by atoms with Gasteiger partial charge in [-0.3, -0.25) is 0 Å². The molecule has 2 aromatic heterocycles. The van der Waals surface area contributed by atoms with Crippen molar-refractivity contribution in [1.29, 1.82) is 0 Å². The molecule has 1 saturated carbocycles. The van der Waals surface area contributed by atoms with E-state index < -0.39 is 0 Å². The molecule has 102 valence electrons. The molecule has 1 fully saturated rings. The molecule has 4 nitrogen and oxygen atoms in total. The highest BCUT2D eigenvalue weighted by Gasteiger charge is 2.18. The van der Waals surface area contributed by atoms with Gasteiger partial charge in [-0.05, 0) is 31.3 Å². The van der Waals surface area contributed by atoms with Crippen LogP contribution in [0.25, 0.3) is 10.2 Å². The largest absolute Gasteiger partial charge is 0.367 e. The van der Waals surface area contributed by atoms with E-state index in [9.17, 15) is 0 Å². The Bertz CT molecular complexity index is 533. The maximum absolute atomic E-state index is 4.34. The van der Waals surface area contributed by atoms with Crippen molar-refractivity contribution in [3.63, 3.8) is 0 Å². The molecule has 1 N–H and O–H groups in total. The Labute approximate surface area is 117 Å². The summed E-state index contributed by atoms with van der Waals surface area (Å²) in [6.45, 7) is 2.01. The third-order valence-electron chi connectivity index (χ3n) is 3.95. The molecular formula is C14H20N4S. The molecule has 0 aromatic carbocycles. The lowest BCUT2D eigenvalue weighted by Crippen LogP contribution is -2.33. The number of hydrogen-bond donors (Lipinski definition) is 1. The van der Waals surface area contributed by atoms with E-state index in [0.29, 0.717) is 0 Å². The maximum Gasteiger partial charge on any atom is 0.147 e. The first kappa shape index (κ1) is 12.8. The summed E-state index contributed by atoms with van der Waals surface area (Å²) in [6.07, 6.45) is 7.14. The zero-order chi connectivity index (χ0) is 13.1. The lowest BCUT2D eigenvalue weighted by molar-refractivity contribution is 0.254. The Morgan fingerprint density at radius 2 is 2.21 bits per heavy atom. The third-order valence-corrected chi connectivity index (χ3v) is 4.86. The van der Waals surface area contributed by atoms with Crippen molar-refractivity contribution in [1.82, 2.24) is 14.9 Å². The van der Waals surface area contributed by atoms with E-state index in [1.165, 1.54) is 25.7 Å². The first-order chi connectivity index (χ1) is 9.34. The minimum atomic E-state index is 0.786. The van der Waals surface area contributed by atoms with Gasteiger partial charge in [0.1, 0.15) is 12.1 Å². The number of hydrogen-bond acceptors (Lipinski definition) is 5. The molecule has 0 radical (unpaired) electrons. The lowest BCUT2D eigenvalue weighted by atomic mass is 10.2. The predicted molar refractivity (Wildman–Crippen MR) is 80.8 cm³/mol. The Hall–Kier alpha value is -1.20. The Kier molecular flexibility index (Phi) is 3.94. The monoisotopic (exact) mass is 276 g/mol. The summed E-state index contributed by atoms with van der Waals surface area (Å²) in [4.78, 5) is 11.1. The van der Waals surface area contributed by atoms with Gasteiger partial charge in [-0.1, -0.05) is 12.8 Å². The van der Waals surface area contributed by atoms with Gasteiger partial charge in [-0.25, -0.2) is 9.97 Å². The van der Waals surface area contributed by atoms with Gasteiger partial charge < -0.3 is 10.2 Å². The molecule has 0 spiro atoms. The average molecular weight is 276 g/mol. The second kappa shape index (κ2) is 5.84. The van der Waals surface area contributed by atoms with Crippen LogP contribution in [-0.4, -0.2) is 41.0 Å². The molecule has 1 aliphatic rings. The lowest BCUT2D eigenvalue weighted by Gasteiger charge is -2.24. The summed E-state index contributed by atoms with van der Waals surface area (Å²) in [6, 6.07) is 2.83. The van der Waals surface area contributed by atoms with Crippen LogP contribution in [0.2, 0.25) is 0 Å². The first-order valence-corrected chi connectivity index (χ1v) is 7.85. The van der Waals surface area contributed by atoms with Gasteiger partial charge in [0, 0.05) is 19.1 Å². The molecule has 19 heavy (non-hydrogen) atoms. The molecule has 0 saturated heterocycles. The normalized spacial score (nSPS) is 16.5. The summed E-state index contributed by atoms with van der Waals surface area (Å²) in [5.74, 6) is 0.972. The molecule has 0 unspecified atom stereocenters. The van der Waals surface area contributed by atoms with Gasteiger partial charge in [-0.15, -0.1) is 11.3 Å². The summed E-state index contributed by atoms with van der Waals surface area (Å²) in [7, 11) is 2.23. The molecule has 2 heterocycles. The van der Waals surface area contributed by atoms with Gasteiger partial charge in [-0.2, -0.15) is 0 Å². The van der Waals surface area contributed by atoms with E-state index in [1.807, 2.05) is 6.07 Å². The number of anilines is 1. The number of fused-ring (bicyclic) bond motifs is 1. The predicted octanol–water partition coefficient (Wildman–Crippen LogP) is 2.98. The highest BCUT2D eigenvalue weighted by Crippen LogP contribution is 2.25. The van der Waals surface area contributed by atoms with Crippen molar-refractivity contribution in [2.75, 3.05) is 25.5 Å². The standard InChI is InChI=1S/C14H20N4S/c1-18(11-4-2-3-5-11)8-7-15-14-13-12(6-9-19-13)16-10-17-14/h6,9-11H,2-5,7-8H2,1H3,(H,15,16,17). The van der Waals surface area contributed by atoms with Crippen LogP contribution < -0.4 is 5.32 Å². The van der Waals surface area contributed by atoms with Crippen molar-refractivity contribution in [2.45, 2.75) is 31.7 Å². The van der Waals surface area contributed by atoms with E-state index in [1.54, 1.807) is 17.7 Å². The van der Waals surface area contributed by atoms with Crippen LogP contribution in [0, 0.1) is 0 Å². The SMILES string of the molecule is CN(CCNc1ncnc2ccsc12)C1CCCC1. The Morgan fingerprint density at radius 3 is 3.05 bits per heavy atom. The number of aromatic nitrogens is 2. The molecule has 2 aromatic rings. The molecule has 0 amide bonds. The average Bonchev–Trinajstić information content (AvgIpc) is 3.10. The maximum atomic E-state index is 4.34. The highest BCUT2D eigenvalue weighted by molar-refractivity contribution is 7.17. The molecule has 3 rings (SSSR count). The van der Waals surface area contributed by atoms with E-state index in [2.05, 4.69) is 32.6 Å². The number of nitrogens with one attached hydrogen (secondary N) is 1. The number of thiophene rings is 1. The quantitative estimate of drug-likeness (QED) is 0.911. The second-order valence-corrected chi connectivity index (χ2v) is 6.12. The fraction of sp³-hybridized carbons (Fsp3) is 0.571. The highest BCUT2D eigenvalue weighted by atomic mass is 32.1. The number of likely N-dealkylation sites (N-methyl/N-ethyl adjacent to an activating group) is 1. The molecule has 0 bridgehead atoms. The first-order valence-electron chi connectivity index (χ1n) is 6.97. The van der Waals surface area contributed by atoms with Crippen LogP contribution in [0.5, 0.6) is 0 Å². The minimum Gasteiger partial charge on any atom is -0.367 e. The molecule has 0 atom stereocenters.